The molecule has 1 amide bonds. The Bertz CT molecular complexity index is 671. The molecular formula is C18H21ClN2O2. The molecule has 0 aliphatic rings. The molecule has 0 saturated heterocycles. The quantitative estimate of drug-likeness (QED) is 0.876. The van der Waals surface area contributed by atoms with E-state index in [0.29, 0.717) is 23.0 Å². The molecule has 0 saturated carbocycles. The molecule has 2 rings (SSSR count). The summed E-state index contributed by atoms with van der Waals surface area (Å²) < 4.78 is 5.23. The molecule has 0 heterocycles. The van der Waals surface area contributed by atoms with Crippen molar-refractivity contribution in [2.75, 3.05) is 26.0 Å². The molecule has 0 radical (unpaired) electrons. The first-order valence-electron chi connectivity index (χ1n) is 7.35. The van der Waals surface area contributed by atoms with E-state index in [1.54, 1.807) is 25.3 Å². The average Bonchev–Trinajstić information content (AvgIpc) is 2.49. The van der Waals surface area contributed by atoms with Gasteiger partial charge in [-0.05, 0) is 37.7 Å². The van der Waals surface area contributed by atoms with Crippen molar-refractivity contribution in [1.82, 2.24) is 4.90 Å². The third-order valence-electron chi connectivity index (χ3n) is 3.42. The zero-order valence-electron chi connectivity index (χ0n) is 13.6. The van der Waals surface area contributed by atoms with Crippen molar-refractivity contribution >= 4 is 23.2 Å². The lowest BCUT2D eigenvalue weighted by Gasteiger charge is -2.17. The third kappa shape index (κ3) is 5.27. The lowest BCUT2D eigenvalue weighted by atomic mass is 10.1. The van der Waals surface area contributed by atoms with Crippen molar-refractivity contribution in [3.63, 3.8) is 0 Å². The highest BCUT2D eigenvalue weighted by molar-refractivity contribution is 6.31. The Labute approximate surface area is 142 Å². The van der Waals surface area contributed by atoms with Crippen molar-refractivity contribution in [2.24, 2.45) is 0 Å². The Balaban J connectivity index is 1.94. The van der Waals surface area contributed by atoms with Crippen LogP contribution in [0.3, 0.4) is 0 Å². The number of hydrogen-bond donors (Lipinski definition) is 1. The van der Waals surface area contributed by atoms with Gasteiger partial charge in [0.2, 0.25) is 5.91 Å². The van der Waals surface area contributed by atoms with Crippen LogP contribution in [0, 0.1) is 6.92 Å². The number of halogens is 1. The minimum Gasteiger partial charge on any atom is -0.495 e. The van der Waals surface area contributed by atoms with Gasteiger partial charge in [0.15, 0.2) is 0 Å². The number of anilines is 1. The normalized spacial score (nSPS) is 10.7. The van der Waals surface area contributed by atoms with Crippen molar-refractivity contribution in [2.45, 2.75) is 13.5 Å². The minimum absolute atomic E-state index is 0.111. The van der Waals surface area contributed by atoms with Gasteiger partial charge in [0.05, 0.1) is 19.3 Å². The van der Waals surface area contributed by atoms with Gasteiger partial charge >= 0.3 is 0 Å². The predicted molar refractivity (Wildman–Crippen MR) is 94.1 cm³/mol. The van der Waals surface area contributed by atoms with Gasteiger partial charge in [-0.3, -0.25) is 9.69 Å². The maximum absolute atomic E-state index is 12.2. The van der Waals surface area contributed by atoms with Crippen LogP contribution in [0.1, 0.15) is 11.1 Å². The summed E-state index contributed by atoms with van der Waals surface area (Å²) in [6.07, 6.45) is 0. The number of nitrogens with one attached hydrogen (secondary N) is 1. The molecule has 0 atom stereocenters. The van der Waals surface area contributed by atoms with Crippen LogP contribution in [0.5, 0.6) is 5.75 Å². The van der Waals surface area contributed by atoms with Crippen molar-refractivity contribution < 1.29 is 9.53 Å². The topological polar surface area (TPSA) is 41.6 Å². The second kappa shape index (κ2) is 7.99. The van der Waals surface area contributed by atoms with Crippen LogP contribution < -0.4 is 10.1 Å². The largest absolute Gasteiger partial charge is 0.495 e. The predicted octanol–water partition coefficient (Wildman–Crippen LogP) is 3.73. The molecular weight excluding hydrogens is 312 g/mol. The SMILES string of the molecule is COc1ccc(Cl)cc1NC(=O)CN(C)Cc1ccc(C)cc1. The van der Waals surface area contributed by atoms with Crippen LogP contribution in [0.15, 0.2) is 42.5 Å². The first-order valence-corrected chi connectivity index (χ1v) is 7.73. The smallest absolute Gasteiger partial charge is 0.238 e. The van der Waals surface area contributed by atoms with Gasteiger partial charge < -0.3 is 10.1 Å². The number of carbonyl (C=O) groups excluding carboxylic acids is 1. The number of rotatable bonds is 6. The van der Waals surface area contributed by atoms with Gasteiger partial charge in [0, 0.05) is 11.6 Å². The van der Waals surface area contributed by atoms with Gasteiger partial charge in [0.25, 0.3) is 0 Å². The molecule has 0 aliphatic carbocycles. The second-order valence-electron chi connectivity index (χ2n) is 5.55. The summed E-state index contributed by atoms with van der Waals surface area (Å²) in [5.74, 6) is 0.476. The summed E-state index contributed by atoms with van der Waals surface area (Å²) in [5, 5.41) is 3.39. The van der Waals surface area contributed by atoms with E-state index in [4.69, 9.17) is 16.3 Å². The number of hydrogen-bond acceptors (Lipinski definition) is 3. The number of likely N-dealkylation sites (N-methyl/N-ethyl adjacent to an activating group) is 1. The summed E-state index contributed by atoms with van der Waals surface area (Å²) in [6.45, 7) is 3.04. The molecule has 1 N–H and O–H groups in total. The summed E-state index contributed by atoms with van der Waals surface area (Å²) in [5.41, 5.74) is 2.97. The average molecular weight is 333 g/mol. The van der Waals surface area contributed by atoms with E-state index in [-0.39, 0.29) is 12.5 Å². The van der Waals surface area contributed by atoms with Gasteiger partial charge in [-0.1, -0.05) is 41.4 Å². The van der Waals surface area contributed by atoms with Gasteiger partial charge in [0.1, 0.15) is 5.75 Å². The monoisotopic (exact) mass is 332 g/mol. The van der Waals surface area contributed by atoms with E-state index in [1.165, 1.54) is 11.1 Å². The molecule has 5 heteroatoms. The fourth-order valence-electron chi connectivity index (χ4n) is 2.27. The summed E-state index contributed by atoms with van der Waals surface area (Å²) in [6, 6.07) is 13.4. The number of carbonyl (C=O) groups is 1. The molecule has 0 fully saturated rings. The van der Waals surface area contributed by atoms with Crippen molar-refractivity contribution in [3.8, 4) is 5.75 Å². The Hall–Kier alpha value is -2.04. The molecule has 0 unspecified atom stereocenters. The third-order valence-corrected chi connectivity index (χ3v) is 3.66. The maximum atomic E-state index is 12.2. The lowest BCUT2D eigenvalue weighted by Crippen LogP contribution is -2.29. The van der Waals surface area contributed by atoms with E-state index in [0.717, 1.165) is 0 Å². The summed E-state index contributed by atoms with van der Waals surface area (Å²) in [4.78, 5) is 14.2. The van der Waals surface area contributed by atoms with Crippen LogP contribution in [0.4, 0.5) is 5.69 Å². The summed E-state index contributed by atoms with van der Waals surface area (Å²) >= 11 is 5.97. The first kappa shape index (κ1) is 17.3. The standard InChI is InChI=1S/C18H21ClN2O2/c1-13-4-6-14(7-5-13)11-21(2)12-18(22)20-16-10-15(19)8-9-17(16)23-3/h4-10H,11-12H2,1-3H3,(H,20,22). The summed E-state index contributed by atoms with van der Waals surface area (Å²) in [7, 11) is 3.47. The van der Waals surface area contributed by atoms with E-state index < -0.39 is 0 Å². The molecule has 2 aromatic carbocycles. The van der Waals surface area contributed by atoms with E-state index >= 15 is 0 Å². The van der Waals surface area contributed by atoms with Crippen molar-refractivity contribution in [3.05, 3.63) is 58.6 Å². The lowest BCUT2D eigenvalue weighted by molar-refractivity contribution is -0.117. The number of ether oxygens (including phenoxy) is 1. The van der Waals surface area contributed by atoms with Gasteiger partial charge in [-0.25, -0.2) is 0 Å². The highest BCUT2D eigenvalue weighted by Crippen LogP contribution is 2.27. The Morgan fingerprint density at radius 3 is 2.57 bits per heavy atom. The molecule has 0 aliphatic heterocycles. The molecule has 2 aromatic rings. The highest BCUT2D eigenvalue weighted by atomic mass is 35.5. The number of methoxy groups -OCH3 is 1. The van der Waals surface area contributed by atoms with Gasteiger partial charge in [-0.15, -0.1) is 0 Å². The van der Waals surface area contributed by atoms with Crippen LogP contribution in [-0.4, -0.2) is 31.5 Å². The molecule has 0 bridgehead atoms. The van der Waals surface area contributed by atoms with Crippen LogP contribution in [0.25, 0.3) is 0 Å². The Morgan fingerprint density at radius 1 is 1.22 bits per heavy atom. The number of benzene rings is 2. The second-order valence-corrected chi connectivity index (χ2v) is 5.99. The van der Waals surface area contributed by atoms with E-state index in [1.807, 2.05) is 11.9 Å². The number of aryl methyl sites for hydroxylation is 1. The molecule has 4 nitrogen and oxygen atoms in total. The van der Waals surface area contributed by atoms with E-state index in [9.17, 15) is 4.79 Å². The molecule has 0 aromatic heterocycles. The van der Waals surface area contributed by atoms with Crippen LogP contribution >= 0.6 is 11.6 Å². The van der Waals surface area contributed by atoms with E-state index in [2.05, 4.69) is 36.5 Å². The number of amides is 1. The van der Waals surface area contributed by atoms with Crippen LogP contribution in [-0.2, 0) is 11.3 Å². The number of nitrogens with zero attached hydrogens (tertiary/aromatic N) is 1. The first-order chi connectivity index (χ1) is 11.0. The molecule has 122 valence electrons. The molecule has 0 spiro atoms. The maximum Gasteiger partial charge on any atom is 0.238 e. The van der Waals surface area contributed by atoms with Crippen LogP contribution in [0.2, 0.25) is 5.02 Å². The fourth-order valence-corrected chi connectivity index (χ4v) is 2.45. The Morgan fingerprint density at radius 2 is 1.91 bits per heavy atom. The zero-order valence-corrected chi connectivity index (χ0v) is 14.4. The highest BCUT2D eigenvalue weighted by Gasteiger charge is 2.11. The molecule has 23 heavy (non-hydrogen) atoms. The zero-order chi connectivity index (χ0) is 16.8. The van der Waals surface area contributed by atoms with Crippen molar-refractivity contribution in [1.29, 1.82) is 0 Å². The minimum atomic E-state index is -0.111. The Kier molecular flexibility index (Phi) is 6.02. The van der Waals surface area contributed by atoms with Gasteiger partial charge in [-0.2, -0.15) is 0 Å². The fraction of sp³-hybridized carbons (Fsp3) is 0.278.